The Kier molecular flexibility index (Phi) is 9.75. The van der Waals surface area contributed by atoms with E-state index in [0.29, 0.717) is 32.0 Å². The lowest BCUT2D eigenvalue weighted by Crippen LogP contribution is -2.38. The molecule has 3 N–H and O–H groups in total. The molecule has 1 atom stereocenters. The van der Waals surface area contributed by atoms with Crippen molar-refractivity contribution in [2.24, 2.45) is 12.0 Å². The van der Waals surface area contributed by atoms with Crippen LogP contribution in [0, 0.1) is 6.92 Å². The first-order valence-electron chi connectivity index (χ1n) is 9.77. The van der Waals surface area contributed by atoms with E-state index >= 15 is 0 Å². The molecule has 7 nitrogen and oxygen atoms in total. The van der Waals surface area contributed by atoms with Gasteiger partial charge in [-0.2, -0.15) is 0 Å². The minimum Gasteiger partial charge on any atom is -0.388 e. The maximum absolute atomic E-state index is 10.4. The molecule has 3 aromatic rings. The molecule has 160 valence electrons. The van der Waals surface area contributed by atoms with E-state index < -0.39 is 6.10 Å². The van der Waals surface area contributed by atoms with Crippen LogP contribution in [0.25, 0.3) is 0 Å². The highest BCUT2D eigenvalue weighted by Crippen LogP contribution is 2.14. The van der Waals surface area contributed by atoms with Crippen molar-refractivity contribution in [3.8, 4) is 0 Å². The molecule has 1 aromatic heterocycles. The Balaban J connectivity index is 0.00000320. The van der Waals surface area contributed by atoms with E-state index in [-0.39, 0.29) is 24.0 Å². The molecule has 30 heavy (non-hydrogen) atoms. The Morgan fingerprint density at radius 1 is 1.03 bits per heavy atom. The molecule has 0 aliphatic rings. The van der Waals surface area contributed by atoms with Crippen molar-refractivity contribution in [3.63, 3.8) is 0 Å². The average molecular weight is 520 g/mol. The third-order valence-corrected chi connectivity index (χ3v) is 4.75. The third kappa shape index (κ3) is 7.10. The van der Waals surface area contributed by atoms with E-state index in [1.54, 1.807) is 0 Å². The molecule has 0 aliphatic carbocycles. The van der Waals surface area contributed by atoms with Crippen LogP contribution in [0.1, 0.15) is 35.3 Å². The van der Waals surface area contributed by atoms with Crippen LogP contribution in [-0.2, 0) is 20.1 Å². The molecule has 0 radical (unpaired) electrons. The van der Waals surface area contributed by atoms with E-state index in [1.807, 2.05) is 79.2 Å². The number of halogens is 1. The van der Waals surface area contributed by atoms with E-state index in [0.717, 1.165) is 22.8 Å². The number of aliphatic imine (C=N–C) groups is 1. The molecule has 0 aliphatic heterocycles. The SMILES string of the molecule is Cc1nnc(CNC(=NCc2ccccc2)NCCC(O)c2ccccc2)n1C.I. The number of rotatable bonds is 8. The summed E-state index contributed by atoms with van der Waals surface area (Å²) in [5.41, 5.74) is 2.05. The van der Waals surface area contributed by atoms with E-state index in [1.165, 1.54) is 0 Å². The molecule has 3 rings (SSSR count). The van der Waals surface area contributed by atoms with Gasteiger partial charge in [0.05, 0.1) is 19.2 Å². The van der Waals surface area contributed by atoms with Gasteiger partial charge in [0.2, 0.25) is 0 Å². The molecular weight excluding hydrogens is 491 g/mol. The van der Waals surface area contributed by atoms with Crippen LogP contribution in [0.15, 0.2) is 65.7 Å². The monoisotopic (exact) mass is 520 g/mol. The van der Waals surface area contributed by atoms with Crippen molar-refractivity contribution in [3.05, 3.63) is 83.4 Å². The van der Waals surface area contributed by atoms with Gasteiger partial charge in [0.15, 0.2) is 11.8 Å². The maximum atomic E-state index is 10.4. The number of hydrogen-bond donors (Lipinski definition) is 3. The number of aliphatic hydroxyl groups is 1. The molecule has 1 heterocycles. The lowest BCUT2D eigenvalue weighted by atomic mass is 10.1. The second kappa shape index (κ2) is 12.3. The number of aromatic nitrogens is 3. The Bertz CT molecular complexity index is 914. The molecule has 1 unspecified atom stereocenters. The Morgan fingerprint density at radius 2 is 1.70 bits per heavy atom. The quantitative estimate of drug-likeness (QED) is 0.242. The van der Waals surface area contributed by atoms with Crippen LogP contribution in [0.2, 0.25) is 0 Å². The third-order valence-electron chi connectivity index (χ3n) is 4.75. The fraction of sp³-hybridized carbons (Fsp3) is 0.318. The average Bonchev–Trinajstić information content (AvgIpc) is 3.08. The van der Waals surface area contributed by atoms with Crippen molar-refractivity contribution in [2.45, 2.75) is 32.5 Å². The molecule has 0 spiro atoms. The minimum atomic E-state index is -0.513. The van der Waals surface area contributed by atoms with Crippen LogP contribution in [0.3, 0.4) is 0 Å². The standard InChI is InChI=1S/C22H28N6O.HI/c1-17-26-27-21(28(17)2)16-25-22(24-15-18-9-5-3-6-10-18)23-14-13-20(29)19-11-7-4-8-12-19;/h3-12,20,29H,13-16H2,1-2H3,(H2,23,24,25);1H. The largest absolute Gasteiger partial charge is 0.388 e. The van der Waals surface area contributed by atoms with Gasteiger partial charge < -0.3 is 20.3 Å². The highest BCUT2D eigenvalue weighted by molar-refractivity contribution is 14.0. The molecule has 0 saturated carbocycles. The summed E-state index contributed by atoms with van der Waals surface area (Å²) in [6.07, 6.45) is 0.0690. The molecular formula is C22H29IN6O. The van der Waals surface area contributed by atoms with Crippen LogP contribution >= 0.6 is 24.0 Å². The predicted octanol–water partition coefficient (Wildman–Crippen LogP) is 3.10. The zero-order valence-corrected chi connectivity index (χ0v) is 19.7. The zero-order valence-electron chi connectivity index (χ0n) is 17.3. The first-order valence-corrected chi connectivity index (χ1v) is 9.77. The van der Waals surface area contributed by atoms with Crippen molar-refractivity contribution in [1.82, 2.24) is 25.4 Å². The van der Waals surface area contributed by atoms with Crippen LogP contribution in [-0.4, -0.2) is 32.4 Å². The van der Waals surface area contributed by atoms with Crippen molar-refractivity contribution < 1.29 is 5.11 Å². The Morgan fingerprint density at radius 3 is 2.33 bits per heavy atom. The summed E-state index contributed by atoms with van der Waals surface area (Å²) in [6.45, 7) is 3.59. The van der Waals surface area contributed by atoms with Crippen molar-refractivity contribution in [1.29, 1.82) is 0 Å². The first kappa shape index (κ1) is 23.8. The van der Waals surface area contributed by atoms with Crippen LogP contribution in [0.5, 0.6) is 0 Å². The Labute approximate surface area is 194 Å². The normalized spacial score (nSPS) is 12.2. The highest BCUT2D eigenvalue weighted by Gasteiger charge is 2.09. The predicted molar refractivity (Wildman–Crippen MR) is 130 cm³/mol. The summed E-state index contributed by atoms with van der Waals surface area (Å²) in [7, 11) is 1.94. The second-order valence-electron chi connectivity index (χ2n) is 6.87. The number of nitrogens with one attached hydrogen (secondary N) is 2. The van der Waals surface area contributed by atoms with Gasteiger partial charge in [-0.1, -0.05) is 60.7 Å². The van der Waals surface area contributed by atoms with Gasteiger partial charge in [0.25, 0.3) is 0 Å². The van der Waals surface area contributed by atoms with Gasteiger partial charge >= 0.3 is 0 Å². The van der Waals surface area contributed by atoms with E-state index in [4.69, 9.17) is 0 Å². The molecule has 8 heteroatoms. The van der Waals surface area contributed by atoms with Crippen LogP contribution < -0.4 is 10.6 Å². The lowest BCUT2D eigenvalue weighted by Gasteiger charge is -2.15. The van der Waals surface area contributed by atoms with Gasteiger partial charge in [-0.15, -0.1) is 34.2 Å². The van der Waals surface area contributed by atoms with Gasteiger partial charge in [0, 0.05) is 13.6 Å². The smallest absolute Gasteiger partial charge is 0.191 e. The van der Waals surface area contributed by atoms with Gasteiger partial charge in [-0.05, 0) is 24.5 Å². The number of aryl methyl sites for hydroxylation is 1. The number of aliphatic hydroxyl groups excluding tert-OH is 1. The topological polar surface area (TPSA) is 87.4 Å². The van der Waals surface area contributed by atoms with Gasteiger partial charge in [-0.25, -0.2) is 4.99 Å². The number of nitrogens with zero attached hydrogens (tertiary/aromatic N) is 4. The second-order valence-corrected chi connectivity index (χ2v) is 6.87. The summed E-state index contributed by atoms with van der Waals surface area (Å²) in [4.78, 5) is 4.67. The van der Waals surface area contributed by atoms with E-state index in [9.17, 15) is 5.11 Å². The molecule has 0 saturated heterocycles. The molecule has 0 fully saturated rings. The maximum Gasteiger partial charge on any atom is 0.191 e. The van der Waals surface area contributed by atoms with Gasteiger partial charge in [-0.3, -0.25) is 0 Å². The zero-order chi connectivity index (χ0) is 20.5. The number of hydrogen-bond acceptors (Lipinski definition) is 4. The van der Waals surface area contributed by atoms with Crippen molar-refractivity contribution >= 4 is 29.9 Å². The van der Waals surface area contributed by atoms with Crippen LogP contribution in [0.4, 0.5) is 0 Å². The summed E-state index contributed by atoms with van der Waals surface area (Å²) >= 11 is 0. The number of benzene rings is 2. The van der Waals surface area contributed by atoms with Crippen molar-refractivity contribution in [2.75, 3.05) is 6.54 Å². The number of guanidine groups is 1. The molecule has 0 bridgehead atoms. The minimum absolute atomic E-state index is 0. The molecule has 2 aromatic carbocycles. The summed E-state index contributed by atoms with van der Waals surface area (Å²) in [5.74, 6) is 2.37. The summed E-state index contributed by atoms with van der Waals surface area (Å²) < 4.78 is 1.95. The molecule has 0 amide bonds. The summed E-state index contributed by atoms with van der Waals surface area (Å²) in [5, 5.41) is 25.3. The fourth-order valence-corrected chi connectivity index (χ4v) is 2.86. The highest BCUT2D eigenvalue weighted by atomic mass is 127. The fourth-order valence-electron chi connectivity index (χ4n) is 2.86. The van der Waals surface area contributed by atoms with Gasteiger partial charge in [0.1, 0.15) is 5.82 Å². The Hall–Kier alpha value is -2.46. The first-order chi connectivity index (χ1) is 14.1. The van der Waals surface area contributed by atoms with E-state index in [2.05, 4.69) is 25.8 Å². The lowest BCUT2D eigenvalue weighted by molar-refractivity contribution is 0.168. The summed E-state index contributed by atoms with van der Waals surface area (Å²) in [6, 6.07) is 19.8.